The van der Waals surface area contributed by atoms with Gasteiger partial charge in [-0.05, 0) is 49.2 Å². The number of aromatic nitrogens is 1. The normalized spacial score (nSPS) is 17.9. The van der Waals surface area contributed by atoms with Crippen LogP contribution in [0.4, 0.5) is 0 Å². The highest BCUT2D eigenvalue weighted by Crippen LogP contribution is 2.29. The minimum atomic E-state index is 0.166. The lowest BCUT2D eigenvalue weighted by Gasteiger charge is -2.30. The van der Waals surface area contributed by atoms with Crippen molar-refractivity contribution >= 4 is 11.6 Å². The molecule has 1 aliphatic heterocycles. The van der Waals surface area contributed by atoms with Crippen molar-refractivity contribution in [2.24, 2.45) is 0 Å². The topological polar surface area (TPSA) is 28.2 Å². The highest BCUT2D eigenvalue weighted by Gasteiger charge is 2.24. The van der Waals surface area contributed by atoms with E-state index in [9.17, 15) is 0 Å². The minimum Gasteiger partial charge on any atom is -0.315 e. The van der Waals surface area contributed by atoms with Crippen LogP contribution in [-0.2, 0) is 0 Å². The van der Waals surface area contributed by atoms with Crippen LogP contribution in [0.15, 0.2) is 42.6 Å². The second-order valence-corrected chi connectivity index (χ2v) is 6.29. The molecule has 4 heteroatoms. The van der Waals surface area contributed by atoms with Crippen molar-refractivity contribution in [3.63, 3.8) is 0 Å². The quantitative estimate of drug-likeness (QED) is 0.940. The molecule has 116 valence electrons. The Hall–Kier alpha value is -1.42. The van der Waals surface area contributed by atoms with Gasteiger partial charge in [-0.25, -0.2) is 0 Å². The SMILES string of the molecule is Cc1ccc(C(c2cccc(Cl)c2)N2CCCNCC2)nc1. The predicted octanol–water partition coefficient (Wildman–Crippen LogP) is 3.43. The van der Waals surface area contributed by atoms with Crippen molar-refractivity contribution < 1.29 is 0 Å². The van der Waals surface area contributed by atoms with Crippen molar-refractivity contribution in [1.82, 2.24) is 15.2 Å². The van der Waals surface area contributed by atoms with E-state index in [0.717, 1.165) is 43.3 Å². The molecule has 1 atom stereocenters. The molecule has 1 aromatic heterocycles. The number of hydrogen-bond acceptors (Lipinski definition) is 3. The fourth-order valence-electron chi connectivity index (χ4n) is 3.01. The van der Waals surface area contributed by atoms with Crippen LogP contribution in [-0.4, -0.2) is 36.1 Å². The maximum absolute atomic E-state index is 6.22. The van der Waals surface area contributed by atoms with Gasteiger partial charge in [0.1, 0.15) is 0 Å². The zero-order valence-electron chi connectivity index (χ0n) is 12.9. The number of rotatable bonds is 3. The van der Waals surface area contributed by atoms with E-state index >= 15 is 0 Å². The van der Waals surface area contributed by atoms with E-state index in [-0.39, 0.29) is 6.04 Å². The highest BCUT2D eigenvalue weighted by atomic mass is 35.5. The molecule has 22 heavy (non-hydrogen) atoms. The fraction of sp³-hybridized carbons (Fsp3) is 0.389. The summed E-state index contributed by atoms with van der Waals surface area (Å²) in [7, 11) is 0. The Morgan fingerprint density at radius 3 is 2.86 bits per heavy atom. The molecule has 0 spiro atoms. The zero-order valence-corrected chi connectivity index (χ0v) is 13.7. The van der Waals surface area contributed by atoms with Gasteiger partial charge in [0.05, 0.1) is 11.7 Å². The summed E-state index contributed by atoms with van der Waals surface area (Å²) in [6.07, 6.45) is 3.10. The van der Waals surface area contributed by atoms with Crippen LogP contribution in [0.1, 0.15) is 29.3 Å². The predicted molar refractivity (Wildman–Crippen MR) is 91.3 cm³/mol. The largest absolute Gasteiger partial charge is 0.315 e. The lowest BCUT2D eigenvalue weighted by atomic mass is 10.0. The molecule has 0 saturated carbocycles. The molecular weight excluding hydrogens is 294 g/mol. The molecule has 0 radical (unpaired) electrons. The molecule has 1 saturated heterocycles. The van der Waals surface area contributed by atoms with Crippen LogP contribution in [0.2, 0.25) is 5.02 Å². The second-order valence-electron chi connectivity index (χ2n) is 5.86. The molecule has 0 amide bonds. The van der Waals surface area contributed by atoms with Crippen LogP contribution in [0.25, 0.3) is 0 Å². The van der Waals surface area contributed by atoms with Crippen LogP contribution in [0.5, 0.6) is 0 Å². The summed E-state index contributed by atoms with van der Waals surface area (Å²) in [4.78, 5) is 7.19. The third-order valence-electron chi connectivity index (χ3n) is 4.12. The molecule has 1 aliphatic rings. The van der Waals surface area contributed by atoms with E-state index in [4.69, 9.17) is 11.6 Å². The molecular formula is C18H22ClN3. The van der Waals surface area contributed by atoms with Gasteiger partial charge in [0.25, 0.3) is 0 Å². The summed E-state index contributed by atoms with van der Waals surface area (Å²) in [5, 5.41) is 4.25. The van der Waals surface area contributed by atoms with E-state index < -0.39 is 0 Å². The Bertz CT molecular complexity index is 604. The summed E-state index contributed by atoms with van der Waals surface area (Å²) >= 11 is 6.22. The van der Waals surface area contributed by atoms with E-state index in [1.807, 2.05) is 18.3 Å². The third kappa shape index (κ3) is 3.67. The highest BCUT2D eigenvalue weighted by molar-refractivity contribution is 6.30. The number of pyridine rings is 1. The van der Waals surface area contributed by atoms with Crippen LogP contribution in [0.3, 0.4) is 0 Å². The number of halogens is 1. The van der Waals surface area contributed by atoms with Gasteiger partial charge >= 0.3 is 0 Å². The maximum atomic E-state index is 6.22. The van der Waals surface area contributed by atoms with Crippen molar-refractivity contribution in [1.29, 1.82) is 0 Å². The minimum absolute atomic E-state index is 0.166. The first-order valence-corrected chi connectivity index (χ1v) is 8.24. The van der Waals surface area contributed by atoms with Crippen molar-refractivity contribution in [3.8, 4) is 0 Å². The molecule has 2 heterocycles. The van der Waals surface area contributed by atoms with E-state index in [0.29, 0.717) is 0 Å². The first kappa shape index (κ1) is 15.5. The number of hydrogen-bond donors (Lipinski definition) is 1. The molecule has 0 bridgehead atoms. The monoisotopic (exact) mass is 315 g/mol. The first-order chi connectivity index (χ1) is 10.7. The standard InChI is InChI=1S/C18H22ClN3/c1-14-6-7-17(21-13-14)18(15-4-2-5-16(19)12-15)22-10-3-8-20-9-11-22/h2,4-7,12-13,18,20H,3,8-11H2,1H3. The Labute approximate surface area is 137 Å². The summed E-state index contributed by atoms with van der Waals surface area (Å²) in [5.41, 5.74) is 3.49. The molecule has 2 aromatic rings. The summed E-state index contributed by atoms with van der Waals surface area (Å²) in [5.74, 6) is 0. The van der Waals surface area contributed by atoms with E-state index in [1.54, 1.807) is 0 Å². The average Bonchev–Trinajstić information content (AvgIpc) is 2.79. The van der Waals surface area contributed by atoms with Gasteiger partial charge in [0, 0.05) is 30.9 Å². The van der Waals surface area contributed by atoms with Crippen LogP contribution >= 0.6 is 11.6 Å². The molecule has 1 fully saturated rings. The molecule has 3 rings (SSSR count). The van der Waals surface area contributed by atoms with Gasteiger partial charge in [-0.1, -0.05) is 29.8 Å². The second kappa shape index (κ2) is 7.23. The summed E-state index contributed by atoms with van der Waals surface area (Å²) in [6, 6.07) is 12.6. The number of benzene rings is 1. The zero-order chi connectivity index (χ0) is 15.4. The summed E-state index contributed by atoms with van der Waals surface area (Å²) < 4.78 is 0. The Morgan fingerprint density at radius 1 is 1.18 bits per heavy atom. The molecule has 1 N–H and O–H groups in total. The van der Waals surface area contributed by atoms with Gasteiger partial charge in [0.2, 0.25) is 0 Å². The molecule has 0 aliphatic carbocycles. The van der Waals surface area contributed by atoms with Crippen molar-refractivity contribution in [2.45, 2.75) is 19.4 Å². The Morgan fingerprint density at radius 2 is 2.09 bits per heavy atom. The number of nitrogens with zero attached hydrogens (tertiary/aromatic N) is 2. The lowest BCUT2D eigenvalue weighted by Crippen LogP contribution is -2.33. The van der Waals surface area contributed by atoms with Gasteiger partial charge in [-0.15, -0.1) is 0 Å². The molecule has 3 nitrogen and oxygen atoms in total. The van der Waals surface area contributed by atoms with Crippen LogP contribution in [0, 0.1) is 6.92 Å². The first-order valence-electron chi connectivity index (χ1n) is 7.87. The van der Waals surface area contributed by atoms with Gasteiger partial charge < -0.3 is 5.32 Å². The fourth-order valence-corrected chi connectivity index (χ4v) is 3.21. The van der Waals surface area contributed by atoms with Gasteiger partial charge in [-0.3, -0.25) is 9.88 Å². The lowest BCUT2D eigenvalue weighted by molar-refractivity contribution is 0.237. The molecule has 1 aromatic carbocycles. The maximum Gasteiger partial charge on any atom is 0.0777 e. The smallest absolute Gasteiger partial charge is 0.0777 e. The van der Waals surface area contributed by atoms with Crippen LogP contribution < -0.4 is 5.32 Å². The molecule has 1 unspecified atom stereocenters. The van der Waals surface area contributed by atoms with Crippen molar-refractivity contribution in [2.75, 3.05) is 26.2 Å². The van der Waals surface area contributed by atoms with E-state index in [1.165, 1.54) is 11.1 Å². The Balaban J connectivity index is 1.99. The number of nitrogens with one attached hydrogen (secondary N) is 1. The van der Waals surface area contributed by atoms with Gasteiger partial charge in [0.15, 0.2) is 0 Å². The average molecular weight is 316 g/mol. The number of aryl methyl sites for hydroxylation is 1. The van der Waals surface area contributed by atoms with Gasteiger partial charge in [-0.2, -0.15) is 0 Å². The third-order valence-corrected chi connectivity index (χ3v) is 4.35. The van der Waals surface area contributed by atoms with E-state index in [2.05, 4.69) is 46.4 Å². The van der Waals surface area contributed by atoms with Crippen molar-refractivity contribution in [3.05, 3.63) is 64.4 Å². The Kier molecular flexibility index (Phi) is 5.08. The summed E-state index contributed by atoms with van der Waals surface area (Å²) in [6.45, 7) is 6.26.